The Balaban J connectivity index is 2.10. The van der Waals surface area contributed by atoms with Crippen molar-refractivity contribution in [1.82, 2.24) is 20.1 Å². The first-order chi connectivity index (χ1) is 5.43. The Morgan fingerprint density at radius 1 is 1.64 bits per heavy atom. The third kappa shape index (κ3) is 2.83. The number of rotatable bonds is 4. The van der Waals surface area contributed by atoms with Crippen molar-refractivity contribution in [3.05, 3.63) is 12.7 Å². The van der Waals surface area contributed by atoms with Crippen molar-refractivity contribution in [3.8, 4) is 12.3 Å². The summed E-state index contributed by atoms with van der Waals surface area (Å²) in [4.78, 5) is 3.80. The minimum absolute atomic E-state index is 0.606. The van der Waals surface area contributed by atoms with Gasteiger partial charge < -0.3 is 5.32 Å². The van der Waals surface area contributed by atoms with E-state index >= 15 is 0 Å². The van der Waals surface area contributed by atoms with Gasteiger partial charge in [0.1, 0.15) is 12.7 Å². The maximum absolute atomic E-state index is 5.04. The van der Waals surface area contributed by atoms with Gasteiger partial charge in [0.2, 0.25) is 0 Å². The molecular formula is C7H10N4. The fourth-order valence-electron chi connectivity index (χ4n) is 0.702. The molecule has 0 amide bonds. The van der Waals surface area contributed by atoms with Gasteiger partial charge in [0.15, 0.2) is 0 Å². The van der Waals surface area contributed by atoms with Crippen molar-refractivity contribution in [3.63, 3.8) is 0 Å². The predicted molar refractivity (Wildman–Crippen MR) is 41.7 cm³/mol. The van der Waals surface area contributed by atoms with Crippen LogP contribution in [0.4, 0.5) is 0 Å². The van der Waals surface area contributed by atoms with E-state index in [9.17, 15) is 0 Å². The average Bonchev–Trinajstić information content (AvgIpc) is 2.50. The molecule has 0 aliphatic heterocycles. The van der Waals surface area contributed by atoms with Gasteiger partial charge in [0.05, 0.1) is 13.1 Å². The van der Waals surface area contributed by atoms with Crippen LogP contribution in [0.15, 0.2) is 12.7 Å². The zero-order valence-corrected chi connectivity index (χ0v) is 6.20. The van der Waals surface area contributed by atoms with E-state index in [-0.39, 0.29) is 0 Å². The maximum Gasteiger partial charge on any atom is 0.137 e. The van der Waals surface area contributed by atoms with E-state index in [2.05, 4.69) is 21.3 Å². The molecule has 1 aromatic rings. The summed E-state index contributed by atoms with van der Waals surface area (Å²) in [6, 6.07) is 0. The van der Waals surface area contributed by atoms with Gasteiger partial charge in [-0.2, -0.15) is 5.10 Å². The Bertz CT molecular complexity index is 221. The van der Waals surface area contributed by atoms with E-state index in [1.165, 1.54) is 6.33 Å². The zero-order chi connectivity index (χ0) is 7.94. The molecule has 1 rings (SSSR count). The second-order valence-electron chi connectivity index (χ2n) is 2.04. The van der Waals surface area contributed by atoms with Crippen LogP contribution in [-0.2, 0) is 6.54 Å². The SMILES string of the molecule is C#CCNCCn1cncn1. The lowest BCUT2D eigenvalue weighted by Gasteiger charge is -1.99. The van der Waals surface area contributed by atoms with E-state index < -0.39 is 0 Å². The number of aromatic nitrogens is 3. The summed E-state index contributed by atoms with van der Waals surface area (Å²) in [7, 11) is 0. The lowest BCUT2D eigenvalue weighted by molar-refractivity contribution is 0.574. The lowest BCUT2D eigenvalue weighted by atomic mass is 10.6. The fourth-order valence-corrected chi connectivity index (χ4v) is 0.702. The molecule has 0 fully saturated rings. The van der Waals surface area contributed by atoms with E-state index in [0.717, 1.165) is 13.1 Å². The van der Waals surface area contributed by atoms with Crippen LogP contribution in [0, 0.1) is 12.3 Å². The second kappa shape index (κ2) is 4.47. The van der Waals surface area contributed by atoms with Gasteiger partial charge in [0, 0.05) is 6.54 Å². The molecule has 0 radical (unpaired) electrons. The highest BCUT2D eigenvalue weighted by Gasteiger charge is 1.88. The van der Waals surface area contributed by atoms with E-state index in [4.69, 9.17) is 6.42 Å². The zero-order valence-electron chi connectivity index (χ0n) is 6.20. The first kappa shape index (κ1) is 7.76. The smallest absolute Gasteiger partial charge is 0.137 e. The highest BCUT2D eigenvalue weighted by atomic mass is 15.3. The lowest BCUT2D eigenvalue weighted by Crippen LogP contribution is -2.20. The van der Waals surface area contributed by atoms with Crippen molar-refractivity contribution < 1.29 is 0 Å². The molecule has 11 heavy (non-hydrogen) atoms. The van der Waals surface area contributed by atoms with Crippen molar-refractivity contribution in [1.29, 1.82) is 0 Å². The normalized spacial score (nSPS) is 9.36. The number of hydrogen-bond acceptors (Lipinski definition) is 3. The van der Waals surface area contributed by atoms with Gasteiger partial charge >= 0.3 is 0 Å². The van der Waals surface area contributed by atoms with E-state index in [0.29, 0.717) is 6.54 Å². The molecule has 0 atom stereocenters. The van der Waals surface area contributed by atoms with Gasteiger partial charge in [-0.05, 0) is 0 Å². The van der Waals surface area contributed by atoms with Crippen molar-refractivity contribution in [2.75, 3.05) is 13.1 Å². The minimum atomic E-state index is 0.606. The second-order valence-corrected chi connectivity index (χ2v) is 2.04. The summed E-state index contributed by atoms with van der Waals surface area (Å²) in [6.45, 7) is 2.24. The quantitative estimate of drug-likeness (QED) is 0.465. The molecule has 0 bridgehead atoms. The Hall–Kier alpha value is -1.34. The van der Waals surface area contributed by atoms with Gasteiger partial charge in [0.25, 0.3) is 0 Å². The molecule has 0 aromatic carbocycles. The monoisotopic (exact) mass is 150 g/mol. The largest absolute Gasteiger partial charge is 0.304 e. The number of terminal acetylenes is 1. The van der Waals surface area contributed by atoms with Gasteiger partial charge in [-0.3, -0.25) is 4.68 Å². The van der Waals surface area contributed by atoms with E-state index in [1.54, 1.807) is 11.0 Å². The van der Waals surface area contributed by atoms with Gasteiger partial charge in [-0.25, -0.2) is 4.98 Å². The molecular weight excluding hydrogens is 140 g/mol. The molecule has 0 unspecified atom stereocenters. The topological polar surface area (TPSA) is 42.7 Å². The summed E-state index contributed by atoms with van der Waals surface area (Å²) in [5, 5.41) is 6.98. The van der Waals surface area contributed by atoms with Gasteiger partial charge in [-0.1, -0.05) is 5.92 Å². The van der Waals surface area contributed by atoms with Crippen molar-refractivity contribution in [2.45, 2.75) is 6.54 Å². The Morgan fingerprint density at radius 2 is 2.55 bits per heavy atom. The van der Waals surface area contributed by atoms with Crippen LogP contribution in [-0.4, -0.2) is 27.9 Å². The van der Waals surface area contributed by atoms with Crippen LogP contribution in [0.1, 0.15) is 0 Å². The molecule has 1 N–H and O–H groups in total. The summed E-state index contributed by atoms with van der Waals surface area (Å²) in [5.41, 5.74) is 0. The minimum Gasteiger partial charge on any atom is -0.304 e. The standard InChI is InChI=1S/C7H10N4/c1-2-3-8-4-5-11-7-9-6-10-11/h1,6-8H,3-5H2. The molecule has 1 aromatic heterocycles. The molecule has 0 aliphatic carbocycles. The summed E-state index contributed by atoms with van der Waals surface area (Å²) >= 11 is 0. The molecule has 58 valence electrons. The molecule has 0 saturated heterocycles. The van der Waals surface area contributed by atoms with Crippen LogP contribution in [0.5, 0.6) is 0 Å². The predicted octanol–water partition coefficient (Wildman–Crippen LogP) is -0.499. The summed E-state index contributed by atoms with van der Waals surface area (Å²) < 4.78 is 1.75. The molecule has 1 heterocycles. The molecule has 4 nitrogen and oxygen atoms in total. The Kier molecular flexibility index (Phi) is 3.16. The molecule has 0 spiro atoms. The van der Waals surface area contributed by atoms with Crippen LogP contribution in [0.25, 0.3) is 0 Å². The number of hydrogen-bond donors (Lipinski definition) is 1. The van der Waals surface area contributed by atoms with Crippen LogP contribution in [0.2, 0.25) is 0 Å². The highest BCUT2D eigenvalue weighted by Crippen LogP contribution is 1.76. The van der Waals surface area contributed by atoms with Crippen LogP contribution in [0.3, 0.4) is 0 Å². The van der Waals surface area contributed by atoms with Crippen LogP contribution < -0.4 is 5.32 Å². The summed E-state index contributed by atoms with van der Waals surface area (Å²) in [6.07, 6.45) is 8.23. The molecule has 4 heteroatoms. The van der Waals surface area contributed by atoms with Crippen molar-refractivity contribution in [2.24, 2.45) is 0 Å². The maximum atomic E-state index is 5.04. The molecule has 0 aliphatic rings. The number of nitrogens with one attached hydrogen (secondary N) is 1. The van der Waals surface area contributed by atoms with Gasteiger partial charge in [-0.15, -0.1) is 6.42 Å². The number of nitrogens with zero attached hydrogens (tertiary/aromatic N) is 3. The first-order valence-corrected chi connectivity index (χ1v) is 3.40. The van der Waals surface area contributed by atoms with Crippen LogP contribution >= 0.6 is 0 Å². The summed E-state index contributed by atoms with van der Waals surface area (Å²) in [5.74, 6) is 2.49. The fraction of sp³-hybridized carbons (Fsp3) is 0.429. The first-order valence-electron chi connectivity index (χ1n) is 3.40. The highest BCUT2D eigenvalue weighted by molar-refractivity contribution is 4.86. The third-order valence-corrected chi connectivity index (χ3v) is 1.21. The average molecular weight is 150 g/mol. The Morgan fingerprint density at radius 3 is 3.18 bits per heavy atom. The van der Waals surface area contributed by atoms with Crippen molar-refractivity contribution >= 4 is 0 Å². The molecule has 0 saturated carbocycles. The third-order valence-electron chi connectivity index (χ3n) is 1.21. The Labute approximate surface area is 65.6 Å². The van der Waals surface area contributed by atoms with E-state index in [1.807, 2.05) is 0 Å².